The summed E-state index contributed by atoms with van der Waals surface area (Å²) in [6, 6.07) is 4.16. The Bertz CT molecular complexity index is 317. The smallest absolute Gasteiger partial charge is 0.130 e. The normalized spacial score (nSPS) is 15.2. The van der Waals surface area contributed by atoms with Crippen LogP contribution in [0, 0.1) is 5.82 Å². The monoisotopic (exact) mass is 218 g/mol. The molecular formula is C10H12ClFO2. The van der Waals surface area contributed by atoms with E-state index in [0.29, 0.717) is 5.02 Å². The third kappa shape index (κ3) is 2.44. The van der Waals surface area contributed by atoms with E-state index in [1.807, 2.05) is 0 Å². The number of benzene rings is 1. The molecule has 0 aliphatic rings. The highest BCUT2D eigenvalue weighted by atomic mass is 35.5. The largest absolute Gasteiger partial charge is 0.386 e. The van der Waals surface area contributed by atoms with Gasteiger partial charge in [0.2, 0.25) is 0 Å². The molecule has 1 rings (SSSR count). The number of ether oxygens (including phenoxy) is 1. The summed E-state index contributed by atoms with van der Waals surface area (Å²) in [6.07, 6.45) is -1.43. The minimum atomic E-state index is -0.975. The second-order valence-corrected chi connectivity index (χ2v) is 3.49. The van der Waals surface area contributed by atoms with E-state index in [0.717, 1.165) is 0 Å². The van der Waals surface area contributed by atoms with E-state index < -0.39 is 18.0 Å². The number of halogens is 2. The first kappa shape index (κ1) is 11.4. The molecule has 2 nitrogen and oxygen atoms in total. The molecule has 0 amide bonds. The number of hydrogen-bond donors (Lipinski definition) is 1. The quantitative estimate of drug-likeness (QED) is 0.845. The Morgan fingerprint density at radius 2 is 2.14 bits per heavy atom. The summed E-state index contributed by atoms with van der Waals surface area (Å²) in [4.78, 5) is 0. The van der Waals surface area contributed by atoms with Gasteiger partial charge in [-0.05, 0) is 19.1 Å². The highest BCUT2D eigenvalue weighted by Gasteiger charge is 2.19. The van der Waals surface area contributed by atoms with Gasteiger partial charge in [0.1, 0.15) is 11.9 Å². The third-order valence-corrected chi connectivity index (χ3v) is 2.33. The van der Waals surface area contributed by atoms with Crippen LogP contribution in [-0.2, 0) is 4.74 Å². The van der Waals surface area contributed by atoms with Crippen LogP contribution in [0.15, 0.2) is 18.2 Å². The second kappa shape index (κ2) is 4.73. The van der Waals surface area contributed by atoms with Crippen molar-refractivity contribution in [1.82, 2.24) is 0 Å². The van der Waals surface area contributed by atoms with Crippen LogP contribution in [0.3, 0.4) is 0 Å². The van der Waals surface area contributed by atoms with Crippen molar-refractivity contribution in [3.8, 4) is 0 Å². The lowest BCUT2D eigenvalue weighted by Gasteiger charge is -2.18. The van der Waals surface area contributed by atoms with Crippen LogP contribution in [-0.4, -0.2) is 18.3 Å². The maximum atomic E-state index is 13.3. The predicted octanol–water partition coefficient (Wildman–Crippen LogP) is 2.55. The molecule has 4 heteroatoms. The van der Waals surface area contributed by atoms with Crippen molar-refractivity contribution in [1.29, 1.82) is 0 Å². The van der Waals surface area contributed by atoms with Gasteiger partial charge in [-0.25, -0.2) is 4.39 Å². The first-order valence-electron chi connectivity index (χ1n) is 4.22. The van der Waals surface area contributed by atoms with Crippen molar-refractivity contribution in [2.45, 2.75) is 19.1 Å². The standard InChI is InChI=1S/C10H12ClFO2/c1-6(14-2)10(13)8-4-3-7(11)5-9(8)12/h3-6,10,13H,1-2H3. The van der Waals surface area contributed by atoms with Crippen LogP contribution < -0.4 is 0 Å². The first-order chi connectivity index (χ1) is 6.56. The van der Waals surface area contributed by atoms with E-state index >= 15 is 0 Å². The Morgan fingerprint density at radius 3 is 2.64 bits per heavy atom. The zero-order valence-corrected chi connectivity index (χ0v) is 8.75. The van der Waals surface area contributed by atoms with Crippen molar-refractivity contribution in [3.05, 3.63) is 34.6 Å². The van der Waals surface area contributed by atoms with Gasteiger partial charge in [0.05, 0.1) is 6.10 Å². The summed E-state index contributed by atoms with van der Waals surface area (Å²) in [5.74, 6) is -0.520. The average Bonchev–Trinajstić information content (AvgIpc) is 2.15. The molecule has 0 bridgehead atoms. The summed E-state index contributed by atoms with van der Waals surface area (Å²) in [7, 11) is 1.46. The first-order valence-corrected chi connectivity index (χ1v) is 4.60. The summed E-state index contributed by atoms with van der Waals surface area (Å²) in [5, 5.41) is 9.96. The van der Waals surface area contributed by atoms with Crippen molar-refractivity contribution < 1.29 is 14.2 Å². The minimum absolute atomic E-state index is 0.198. The fraction of sp³-hybridized carbons (Fsp3) is 0.400. The molecule has 0 saturated carbocycles. The number of rotatable bonds is 3. The van der Waals surface area contributed by atoms with E-state index in [2.05, 4.69) is 0 Å². The molecule has 1 aromatic rings. The molecule has 0 saturated heterocycles. The predicted molar refractivity (Wildman–Crippen MR) is 52.8 cm³/mol. The van der Waals surface area contributed by atoms with Gasteiger partial charge in [-0.15, -0.1) is 0 Å². The van der Waals surface area contributed by atoms with Crippen LogP contribution in [0.4, 0.5) is 4.39 Å². The molecule has 78 valence electrons. The summed E-state index contributed by atoms with van der Waals surface area (Å²) < 4.78 is 18.2. The Balaban J connectivity index is 2.95. The molecule has 2 unspecified atom stereocenters. The minimum Gasteiger partial charge on any atom is -0.386 e. The number of hydrogen-bond acceptors (Lipinski definition) is 2. The molecule has 0 aromatic heterocycles. The molecule has 1 aromatic carbocycles. The van der Waals surface area contributed by atoms with Gasteiger partial charge < -0.3 is 9.84 Å². The van der Waals surface area contributed by atoms with E-state index in [1.165, 1.54) is 25.3 Å². The zero-order valence-electron chi connectivity index (χ0n) is 8.00. The maximum absolute atomic E-state index is 13.3. The van der Waals surface area contributed by atoms with Gasteiger partial charge in [0.25, 0.3) is 0 Å². The van der Waals surface area contributed by atoms with Crippen LogP contribution >= 0.6 is 11.6 Å². The topological polar surface area (TPSA) is 29.5 Å². The van der Waals surface area contributed by atoms with Gasteiger partial charge in [0, 0.05) is 17.7 Å². The molecule has 1 N–H and O–H groups in total. The Morgan fingerprint density at radius 1 is 1.50 bits per heavy atom. The number of aliphatic hydroxyl groups is 1. The molecule has 14 heavy (non-hydrogen) atoms. The third-order valence-electron chi connectivity index (χ3n) is 2.10. The SMILES string of the molecule is COC(C)C(O)c1ccc(Cl)cc1F. The molecular weight excluding hydrogens is 207 g/mol. The van der Waals surface area contributed by atoms with Gasteiger partial charge in [0.15, 0.2) is 0 Å². The second-order valence-electron chi connectivity index (χ2n) is 3.05. The Hall–Kier alpha value is -0.640. The molecule has 0 spiro atoms. The fourth-order valence-electron chi connectivity index (χ4n) is 1.12. The summed E-state index contributed by atoms with van der Waals surface area (Å²) in [6.45, 7) is 1.67. The molecule has 0 heterocycles. The highest BCUT2D eigenvalue weighted by Crippen LogP contribution is 2.23. The van der Waals surface area contributed by atoms with E-state index in [-0.39, 0.29) is 5.56 Å². The Kier molecular flexibility index (Phi) is 3.86. The van der Waals surface area contributed by atoms with Crippen LogP contribution in [0.1, 0.15) is 18.6 Å². The van der Waals surface area contributed by atoms with Crippen LogP contribution in [0.25, 0.3) is 0 Å². The number of methoxy groups -OCH3 is 1. The average molecular weight is 219 g/mol. The number of aliphatic hydroxyl groups excluding tert-OH is 1. The van der Waals surface area contributed by atoms with Crippen molar-refractivity contribution >= 4 is 11.6 Å². The molecule has 0 fully saturated rings. The van der Waals surface area contributed by atoms with Crippen molar-refractivity contribution in [2.24, 2.45) is 0 Å². The highest BCUT2D eigenvalue weighted by molar-refractivity contribution is 6.30. The molecule has 0 aliphatic carbocycles. The van der Waals surface area contributed by atoms with Crippen LogP contribution in [0.2, 0.25) is 5.02 Å². The lowest BCUT2D eigenvalue weighted by Crippen LogP contribution is -2.17. The molecule has 0 aliphatic heterocycles. The van der Waals surface area contributed by atoms with Gasteiger partial charge >= 0.3 is 0 Å². The van der Waals surface area contributed by atoms with Crippen LogP contribution in [0.5, 0.6) is 0 Å². The fourth-order valence-corrected chi connectivity index (χ4v) is 1.28. The lowest BCUT2D eigenvalue weighted by atomic mass is 10.1. The van der Waals surface area contributed by atoms with Gasteiger partial charge in [-0.2, -0.15) is 0 Å². The molecule has 0 radical (unpaired) electrons. The Labute approximate surface area is 87.3 Å². The van der Waals surface area contributed by atoms with Gasteiger partial charge in [-0.1, -0.05) is 17.7 Å². The van der Waals surface area contributed by atoms with E-state index in [4.69, 9.17) is 16.3 Å². The summed E-state index contributed by atoms with van der Waals surface area (Å²) >= 11 is 5.58. The van der Waals surface area contributed by atoms with E-state index in [1.54, 1.807) is 6.92 Å². The van der Waals surface area contributed by atoms with Crippen molar-refractivity contribution in [3.63, 3.8) is 0 Å². The molecule has 2 atom stereocenters. The van der Waals surface area contributed by atoms with Crippen molar-refractivity contribution in [2.75, 3.05) is 7.11 Å². The zero-order chi connectivity index (χ0) is 10.7. The van der Waals surface area contributed by atoms with Gasteiger partial charge in [-0.3, -0.25) is 0 Å². The maximum Gasteiger partial charge on any atom is 0.130 e. The van der Waals surface area contributed by atoms with E-state index in [9.17, 15) is 9.50 Å². The summed E-state index contributed by atoms with van der Waals surface area (Å²) in [5.41, 5.74) is 0.198. The lowest BCUT2D eigenvalue weighted by molar-refractivity contribution is -0.00313.